The minimum Gasteiger partial charge on any atom is -0.381 e. The second kappa shape index (κ2) is 7.06. The van der Waals surface area contributed by atoms with E-state index in [-0.39, 0.29) is 11.3 Å². The highest BCUT2D eigenvalue weighted by Crippen LogP contribution is 2.49. The molecule has 1 amide bonds. The van der Waals surface area contributed by atoms with E-state index < -0.39 is 0 Å². The van der Waals surface area contributed by atoms with Crippen LogP contribution in [0, 0.1) is 11.3 Å². The number of amides is 1. The van der Waals surface area contributed by atoms with Crippen LogP contribution in [0.2, 0.25) is 0 Å². The highest BCUT2D eigenvalue weighted by Gasteiger charge is 2.51. The molecule has 3 fully saturated rings. The zero-order chi connectivity index (χ0) is 17.3. The highest BCUT2D eigenvalue weighted by atomic mass is 16.5. The monoisotopic (exact) mass is 346 g/mol. The summed E-state index contributed by atoms with van der Waals surface area (Å²) < 4.78 is 7.78. The van der Waals surface area contributed by atoms with Crippen LogP contribution in [0.15, 0.2) is 6.33 Å². The third-order valence-electron chi connectivity index (χ3n) is 6.73. The van der Waals surface area contributed by atoms with E-state index in [1.54, 1.807) is 0 Å². The molecule has 1 atom stereocenters. The lowest BCUT2D eigenvalue weighted by atomic mass is 9.71. The molecule has 1 unspecified atom stereocenters. The molecular formula is C19H30N4O2. The van der Waals surface area contributed by atoms with Crippen LogP contribution in [0.4, 0.5) is 0 Å². The summed E-state index contributed by atoms with van der Waals surface area (Å²) in [6, 6.07) is 0. The highest BCUT2D eigenvalue weighted by molar-refractivity contribution is 5.77. The SMILES string of the molecule is CCn1cnnc1C1CN(C(=O)CC2CCCC2)CC12CCOCC2. The van der Waals surface area contributed by atoms with Crippen molar-refractivity contribution in [1.29, 1.82) is 0 Å². The molecule has 2 aliphatic heterocycles. The van der Waals surface area contributed by atoms with E-state index in [9.17, 15) is 4.79 Å². The summed E-state index contributed by atoms with van der Waals surface area (Å²) in [5.74, 6) is 2.30. The lowest BCUT2D eigenvalue weighted by Crippen LogP contribution is -2.38. The Hall–Kier alpha value is -1.43. The molecule has 1 aromatic rings. The van der Waals surface area contributed by atoms with Gasteiger partial charge in [-0.05, 0) is 38.5 Å². The van der Waals surface area contributed by atoms with Gasteiger partial charge >= 0.3 is 0 Å². The lowest BCUT2D eigenvalue weighted by molar-refractivity contribution is -0.131. The molecule has 0 bridgehead atoms. The fourth-order valence-electron chi connectivity index (χ4n) is 5.17. The molecule has 1 saturated carbocycles. The first-order valence-corrected chi connectivity index (χ1v) is 9.95. The second-order valence-corrected chi connectivity index (χ2v) is 8.13. The topological polar surface area (TPSA) is 60.2 Å². The smallest absolute Gasteiger partial charge is 0.222 e. The molecule has 0 aromatic carbocycles. The molecule has 138 valence electrons. The lowest BCUT2D eigenvalue weighted by Gasteiger charge is -2.37. The van der Waals surface area contributed by atoms with E-state index in [2.05, 4.69) is 26.6 Å². The Balaban J connectivity index is 1.55. The van der Waals surface area contributed by atoms with Gasteiger partial charge in [-0.3, -0.25) is 4.79 Å². The molecule has 3 aliphatic rings. The van der Waals surface area contributed by atoms with Gasteiger partial charge in [-0.2, -0.15) is 0 Å². The normalized spacial score (nSPS) is 26.6. The minimum atomic E-state index is 0.115. The zero-order valence-corrected chi connectivity index (χ0v) is 15.3. The van der Waals surface area contributed by atoms with Crippen molar-refractivity contribution in [2.75, 3.05) is 26.3 Å². The van der Waals surface area contributed by atoms with Crippen molar-refractivity contribution in [3.8, 4) is 0 Å². The molecule has 6 heteroatoms. The zero-order valence-electron chi connectivity index (χ0n) is 15.3. The molecule has 25 heavy (non-hydrogen) atoms. The predicted molar refractivity (Wildman–Crippen MR) is 94.1 cm³/mol. The van der Waals surface area contributed by atoms with Gasteiger partial charge in [0.1, 0.15) is 12.2 Å². The Bertz CT molecular complexity index is 602. The maximum absolute atomic E-state index is 12.9. The van der Waals surface area contributed by atoms with Crippen LogP contribution in [0.3, 0.4) is 0 Å². The molecule has 0 radical (unpaired) electrons. The predicted octanol–water partition coefficient (Wildman–Crippen LogP) is 2.60. The molecule has 1 aromatic heterocycles. The van der Waals surface area contributed by atoms with E-state index in [0.29, 0.717) is 11.8 Å². The van der Waals surface area contributed by atoms with Gasteiger partial charge in [-0.15, -0.1) is 10.2 Å². The Morgan fingerprint density at radius 1 is 1.32 bits per heavy atom. The Morgan fingerprint density at radius 2 is 2.08 bits per heavy atom. The van der Waals surface area contributed by atoms with Crippen molar-refractivity contribution in [2.45, 2.75) is 64.3 Å². The van der Waals surface area contributed by atoms with Crippen LogP contribution >= 0.6 is 0 Å². The fourth-order valence-corrected chi connectivity index (χ4v) is 5.17. The van der Waals surface area contributed by atoms with E-state index in [1.807, 2.05) is 6.33 Å². The number of carbonyl (C=O) groups is 1. The van der Waals surface area contributed by atoms with E-state index in [1.165, 1.54) is 25.7 Å². The summed E-state index contributed by atoms with van der Waals surface area (Å²) in [5, 5.41) is 8.60. The number of hydrogen-bond acceptors (Lipinski definition) is 4. The molecule has 1 spiro atoms. The standard InChI is InChI=1S/C19H30N4O2/c1-2-22-14-20-21-18(22)16-12-23(13-19(16)7-9-25-10-8-19)17(24)11-15-5-3-4-6-15/h14-16H,2-13H2,1H3. The maximum atomic E-state index is 12.9. The van der Waals surface area contributed by atoms with Crippen molar-refractivity contribution < 1.29 is 9.53 Å². The number of aryl methyl sites for hydroxylation is 1. The summed E-state index contributed by atoms with van der Waals surface area (Å²) in [6.07, 6.45) is 9.63. The summed E-state index contributed by atoms with van der Waals surface area (Å²) in [6.45, 7) is 6.25. The number of likely N-dealkylation sites (tertiary alicyclic amines) is 1. The number of hydrogen-bond donors (Lipinski definition) is 0. The third-order valence-corrected chi connectivity index (χ3v) is 6.73. The van der Waals surface area contributed by atoms with Crippen LogP contribution in [-0.2, 0) is 16.1 Å². The number of carbonyl (C=O) groups excluding carboxylic acids is 1. The first-order valence-electron chi connectivity index (χ1n) is 9.95. The van der Waals surface area contributed by atoms with Gasteiger partial charge in [0.2, 0.25) is 5.91 Å². The fraction of sp³-hybridized carbons (Fsp3) is 0.842. The summed E-state index contributed by atoms with van der Waals surface area (Å²) in [7, 11) is 0. The molecule has 1 aliphatic carbocycles. The van der Waals surface area contributed by atoms with Crippen LogP contribution in [0.1, 0.15) is 63.6 Å². The van der Waals surface area contributed by atoms with Crippen molar-refractivity contribution in [3.63, 3.8) is 0 Å². The van der Waals surface area contributed by atoms with Crippen molar-refractivity contribution in [3.05, 3.63) is 12.2 Å². The van der Waals surface area contributed by atoms with Crippen LogP contribution < -0.4 is 0 Å². The van der Waals surface area contributed by atoms with Gasteiger partial charge in [0, 0.05) is 50.6 Å². The molecule has 0 N–H and O–H groups in total. The molecular weight excluding hydrogens is 316 g/mol. The van der Waals surface area contributed by atoms with Gasteiger partial charge < -0.3 is 14.2 Å². The van der Waals surface area contributed by atoms with Gasteiger partial charge in [0.15, 0.2) is 0 Å². The maximum Gasteiger partial charge on any atom is 0.222 e. The van der Waals surface area contributed by atoms with Gasteiger partial charge in [0.05, 0.1) is 0 Å². The van der Waals surface area contributed by atoms with E-state index in [0.717, 1.165) is 57.9 Å². The number of ether oxygens (including phenoxy) is 1. The van der Waals surface area contributed by atoms with Crippen LogP contribution in [-0.4, -0.2) is 51.9 Å². The largest absolute Gasteiger partial charge is 0.381 e. The van der Waals surface area contributed by atoms with E-state index >= 15 is 0 Å². The Morgan fingerprint density at radius 3 is 2.80 bits per heavy atom. The summed E-state index contributed by atoms with van der Waals surface area (Å²) in [5.41, 5.74) is 0.115. The summed E-state index contributed by atoms with van der Waals surface area (Å²) >= 11 is 0. The average Bonchev–Trinajstić information content (AvgIpc) is 3.35. The summed E-state index contributed by atoms with van der Waals surface area (Å²) in [4.78, 5) is 15.1. The third kappa shape index (κ3) is 3.21. The first-order chi connectivity index (χ1) is 12.2. The van der Waals surface area contributed by atoms with Gasteiger partial charge in [-0.1, -0.05) is 12.8 Å². The minimum absolute atomic E-state index is 0.115. The quantitative estimate of drug-likeness (QED) is 0.841. The number of nitrogens with zero attached hydrogens (tertiary/aromatic N) is 4. The molecule has 3 heterocycles. The molecule has 4 rings (SSSR count). The Labute approximate surface area is 149 Å². The van der Waals surface area contributed by atoms with Crippen LogP contribution in [0.25, 0.3) is 0 Å². The molecule has 2 saturated heterocycles. The van der Waals surface area contributed by atoms with Crippen molar-refractivity contribution >= 4 is 5.91 Å². The second-order valence-electron chi connectivity index (χ2n) is 8.13. The number of aromatic nitrogens is 3. The van der Waals surface area contributed by atoms with Crippen molar-refractivity contribution in [1.82, 2.24) is 19.7 Å². The van der Waals surface area contributed by atoms with E-state index in [4.69, 9.17) is 4.74 Å². The molecule has 6 nitrogen and oxygen atoms in total. The Kier molecular flexibility index (Phi) is 4.80. The van der Waals surface area contributed by atoms with Crippen LogP contribution in [0.5, 0.6) is 0 Å². The van der Waals surface area contributed by atoms with Gasteiger partial charge in [-0.25, -0.2) is 0 Å². The van der Waals surface area contributed by atoms with Crippen molar-refractivity contribution in [2.24, 2.45) is 11.3 Å². The number of rotatable bonds is 4. The van der Waals surface area contributed by atoms with Gasteiger partial charge in [0.25, 0.3) is 0 Å². The first kappa shape index (κ1) is 17.0. The average molecular weight is 346 g/mol.